The standard InChI is InChI=1S/C13H9ClFNO3/c14-7-4-9(12(17)11(16)5-7)8-3-6(13(18)19)1-2-10(8)15/h1-5,17H,16H2,(H,18,19). The normalized spacial score (nSPS) is 10.4. The first-order valence-corrected chi connectivity index (χ1v) is 5.59. The summed E-state index contributed by atoms with van der Waals surface area (Å²) in [6, 6.07) is 5.89. The summed E-state index contributed by atoms with van der Waals surface area (Å²) < 4.78 is 13.8. The summed E-state index contributed by atoms with van der Waals surface area (Å²) >= 11 is 5.80. The lowest BCUT2D eigenvalue weighted by atomic mass is 10.0. The molecule has 0 atom stereocenters. The van der Waals surface area contributed by atoms with Crippen molar-refractivity contribution in [3.05, 3.63) is 46.7 Å². The topological polar surface area (TPSA) is 83.6 Å². The summed E-state index contributed by atoms with van der Waals surface area (Å²) in [5.74, 6) is -2.22. The van der Waals surface area contributed by atoms with Gasteiger partial charge in [0.1, 0.15) is 11.6 Å². The van der Waals surface area contributed by atoms with E-state index in [0.29, 0.717) is 0 Å². The van der Waals surface area contributed by atoms with E-state index in [2.05, 4.69) is 0 Å². The van der Waals surface area contributed by atoms with Gasteiger partial charge in [-0.05, 0) is 30.3 Å². The van der Waals surface area contributed by atoms with E-state index < -0.39 is 11.8 Å². The van der Waals surface area contributed by atoms with Gasteiger partial charge in [0, 0.05) is 16.1 Å². The van der Waals surface area contributed by atoms with Crippen LogP contribution >= 0.6 is 11.6 Å². The molecule has 0 heterocycles. The van der Waals surface area contributed by atoms with E-state index in [-0.39, 0.29) is 33.1 Å². The van der Waals surface area contributed by atoms with Crippen molar-refractivity contribution in [2.75, 3.05) is 5.73 Å². The number of nitrogen functional groups attached to an aromatic ring is 1. The fourth-order valence-electron chi connectivity index (χ4n) is 1.69. The maximum Gasteiger partial charge on any atom is 0.335 e. The number of carbonyl (C=O) groups is 1. The largest absolute Gasteiger partial charge is 0.505 e. The Morgan fingerprint density at radius 3 is 2.53 bits per heavy atom. The Morgan fingerprint density at radius 1 is 1.21 bits per heavy atom. The van der Waals surface area contributed by atoms with Crippen molar-refractivity contribution in [2.24, 2.45) is 0 Å². The molecule has 0 amide bonds. The van der Waals surface area contributed by atoms with Crippen LogP contribution in [-0.2, 0) is 0 Å². The molecule has 2 aromatic carbocycles. The highest BCUT2D eigenvalue weighted by Gasteiger charge is 2.15. The first kappa shape index (κ1) is 13.2. The molecule has 0 bridgehead atoms. The molecule has 0 aliphatic carbocycles. The van der Waals surface area contributed by atoms with Crippen molar-refractivity contribution in [2.45, 2.75) is 0 Å². The zero-order valence-corrected chi connectivity index (χ0v) is 10.3. The fraction of sp³-hybridized carbons (Fsp3) is 0. The van der Waals surface area contributed by atoms with E-state index in [9.17, 15) is 14.3 Å². The summed E-state index contributed by atoms with van der Waals surface area (Å²) in [7, 11) is 0. The second-order valence-corrected chi connectivity index (χ2v) is 4.33. The zero-order valence-electron chi connectivity index (χ0n) is 9.52. The van der Waals surface area contributed by atoms with Crippen LogP contribution in [0.4, 0.5) is 10.1 Å². The Bertz CT molecular complexity index is 673. The average Bonchev–Trinajstić information content (AvgIpc) is 2.34. The van der Waals surface area contributed by atoms with Crippen LogP contribution < -0.4 is 5.73 Å². The van der Waals surface area contributed by atoms with Crippen molar-refractivity contribution in [3.8, 4) is 16.9 Å². The van der Waals surface area contributed by atoms with Crippen molar-refractivity contribution >= 4 is 23.3 Å². The van der Waals surface area contributed by atoms with Crippen LogP contribution in [-0.4, -0.2) is 16.2 Å². The van der Waals surface area contributed by atoms with Crippen LogP contribution in [0, 0.1) is 5.82 Å². The van der Waals surface area contributed by atoms with Crippen LogP contribution in [0.15, 0.2) is 30.3 Å². The Kier molecular flexibility index (Phi) is 3.31. The van der Waals surface area contributed by atoms with Gasteiger partial charge in [0.15, 0.2) is 0 Å². The zero-order chi connectivity index (χ0) is 14.2. The molecule has 2 rings (SSSR count). The predicted molar refractivity (Wildman–Crippen MR) is 69.9 cm³/mol. The molecule has 0 aliphatic heterocycles. The summed E-state index contributed by atoms with van der Waals surface area (Å²) in [4.78, 5) is 10.9. The van der Waals surface area contributed by atoms with Gasteiger partial charge < -0.3 is 15.9 Å². The summed E-state index contributed by atoms with van der Waals surface area (Å²) in [5.41, 5.74) is 5.39. The SMILES string of the molecule is Nc1cc(Cl)cc(-c2cc(C(=O)O)ccc2F)c1O. The summed E-state index contributed by atoms with van der Waals surface area (Å²) in [6.07, 6.45) is 0. The second-order valence-electron chi connectivity index (χ2n) is 3.89. The van der Waals surface area contributed by atoms with Crippen molar-refractivity contribution in [3.63, 3.8) is 0 Å². The number of rotatable bonds is 2. The third kappa shape index (κ3) is 2.46. The minimum atomic E-state index is -1.20. The molecule has 4 nitrogen and oxygen atoms in total. The highest BCUT2D eigenvalue weighted by atomic mass is 35.5. The number of nitrogens with two attached hydrogens (primary N) is 1. The monoisotopic (exact) mass is 281 g/mol. The number of hydrogen-bond acceptors (Lipinski definition) is 3. The molecule has 0 fully saturated rings. The van der Waals surface area contributed by atoms with Gasteiger partial charge in [0.2, 0.25) is 0 Å². The van der Waals surface area contributed by atoms with Crippen LogP contribution in [0.3, 0.4) is 0 Å². The van der Waals surface area contributed by atoms with E-state index in [1.807, 2.05) is 0 Å². The number of benzene rings is 2. The lowest BCUT2D eigenvalue weighted by molar-refractivity contribution is 0.0697. The molecule has 0 spiro atoms. The minimum absolute atomic E-state index is 0.0115. The lowest BCUT2D eigenvalue weighted by Gasteiger charge is -2.10. The number of anilines is 1. The minimum Gasteiger partial charge on any atom is -0.505 e. The fourth-order valence-corrected chi connectivity index (χ4v) is 1.92. The Balaban J connectivity index is 2.71. The molecule has 0 radical (unpaired) electrons. The van der Waals surface area contributed by atoms with Gasteiger partial charge in [-0.15, -0.1) is 0 Å². The van der Waals surface area contributed by atoms with Crippen LogP contribution in [0.5, 0.6) is 5.75 Å². The number of phenols is 1. The number of aromatic carboxylic acids is 1. The predicted octanol–water partition coefficient (Wildman–Crippen LogP) is 3.13. The number of phenolic OH excluding ortho intramolecular Hbond substituents is 1. The van der Waals surface area contributed by atoms with E-state index in [4.69, 9.17) is 22.4 Å². The molecule has 0 saturated heterocycles. The molecule has 0 unspecified atom stereocenters. The van der Waals surface area contributed by atoms with Gasteiger partial charge in [0.05, 0.1) is 11.3 Å². The van der Waals surface area contributed by atoms with E-state index in [1.165, 1.54) is 12.1 Å². The molecule has 19 heavy (non-hydrogen) atoms. The third-order valence-electron chi connectivity index (χ3n) is 2.61. The Hall–Kier alpha value is -2.27. The van der Waals surface area contributed by atoms with Crippen molar-refractivity contribution < 1.29 is 19.4 Å². The first-order chi connectivity index (χ1) is 8.90. The lowest BCUT2D eigenvalue weighted by Crippen LogP contribution is -1.98. The smallest absolute Gasteiger partial charge is 0.335 e. The van der Waals surface area contributed by atoms with Gasteiger partial charge in [-0.1, -0.05) is 11.6 Å². The van der Waals surface area contributed by atoms with Crippen molar-refractivity contribution in [1.82, 2.24) is 0 Å². The maximum atomic E-state index is 13.8. The molecule has 0 aromatic heterocycles. The quantitative estimate of drug-likeness (QED) is 0.583. The molecular formula is C13H9ClFNO3. The maximum absolute atomic E-state index is 13.8. The molecule has 0 aliphatic rings. The molecule has 2 aromatic rings. The van der Waals surface area contributed by atoms with Crippen LogP contribution in [0.1, 0.15) is 10.4 Å². The number of aromatic hydroxyl groups is 1. The number of hydrogen-bond donors (Lipinski definition) is 3. The number of halogens is 2. The molecule has 6 heteroatoms. The van der Waals surface area contributed by atoms with Gasteiger partial charge in [-0.3, -0.25) is 0 Å². The van der Waals surface area contributed by atoms with Crippen molar-refractivity contribution in [1.29, 1.82) is 0 Å². The van der Waals surface area contributed by atoms with E-state index in [1.54, 1.807) is 0 Å². The second kappa shape index (κ2) is 4.78. The Morgan fingerprint density at radius 2 is 1.89 bits per heavy atom. The number of carboxylic acids is 1. The summed E-state index contributed by atoms with van der Waals surface area (Å²) in [5, 5.41) is 18.9. The van der Waals surface area contributed by atoms with Gasteiger partial charge in [-0.25, -0.2) is 9.18 Å². The molecule has 98 valence electrons. The molecular weight excluding hydrogens is 273 g/mol. The van der Waals surface area contributed by atoms with Gasteiger partial charge >= 0.3 is 5.97 Å². The molecule has 4 N–H and O–H groups in total. The van der Waals surface area contributed by atoms with Crippen LogP contribution in [0.25, 0.3) is 11.1 Å². The Labute approximate surface area is 112 Å². The highest BCUT2D eigenvalue weighted by Crippen LogP contribution is 2.38. The van der Waals surface area contributed by atoms with Gasteiger partial charge in [-0.2, -0.15) is 0 Å². The number of carboxylic acid groups (broad SMARTS) is 1. The average molecular weight is 282 g/mol. The molecule has 0 saturated carbocycles. The first-order valence-electron chi connectivity index (χ1n) is 5.21. The highest BCUT2D eigenvalue weighted by molar-refractivity contribution is 6.31. The van der Waals surface area contributed by atoms with Gasteiger partial charge in [0.25, 0.3) is 0 Å². The van der Waals surface area contributed by atoms with E-state index >= 15 is 0 Å². The summed E-state index contributed by atoms with van der Waals surface area (Å²) in [6.45, 7) is 0. The van der Waals surface area contributed by atoms with E-state index in [0.717, 1.165) is 18.2 Å². The third-order valence-corrected chi connectivity index (χ3v) is 2.83. The van der Waals surface area contributed by atoms with Crippen LogP contribution in [0.2, 0.25) is 5.02 Å².